The molecule has 0 radical (unpaired) electrons. The van der Waals surface area contributed by atoms with Crippen LogP contribution in [0.2, 0.25) is 0 Å². The van der Waals surface area contributed by atoms with Gasteiger partial charge in [-0.3, -0.25) is 5.01 Å². The molecule has 1 aliphatic rings. The number of anilines is 4. The summed E-state index contributed by atoms with van der Waals surface area (Å²) in [5.74, 6) is 6.85. The van der Waals surface area contributed by atoms with Crippen molar-refractivity contribution in [2.24, 2.45) is 10.8 Å². The molecule has 3 aromatic rings. The Labute approximate surface area is 220 Å². The van der Waals surface area contributed by atoms with E-state index < -0.39 is 11.7 Å². The third-order valence-electron chi connectivity index (χ3n) is 6.19. The summed E-state index contributed by atoms with van der Waals surface area (Å²) < 4.78 is 41.2. The molecule has 0 unspecified atom stereocenters. The first-order chi connectivity index (χ1) is 18.1. The van der Waals surface area contributed by atoms with E-state index in [1.165, 1.54) is 23.6 Å². The molecule has 0 spiro atoms. The monoisotopic (exact) mass is 524 g/mol. The third kappa shape index (κ3) is 6.80. The Morgan fingerprint density at radius 3 is 2.45 bits per heavy atom. The number of rotatable bonds is 8. The minimum Gasteiger partial charge on any atom is -0.372 e. The highest BCUT2D eigenvalue weighted by atomic mass is 19.4. The molecular weight excluding hydrogens is 493 g/mol. The van der Waals surface area contributed by atoms with Crippen LogP contribution >= 0.6 is 0 Å². The number of hydrazine groups is 1. The van der Waals surface area contributed by atoms with E-state index in [1.807, 2.05) is 19.0 Å². The first-order valence-electron chi connectivity index (χ1n) is 12.2. The highest BCUT2D eigenvalue weighted by Crippen LogP contribution is 2.36. The predicted octanol–water partition coefficient (Wildman–Crippen LogP) is 5.64. The SMILES string of the molecule is C=C(N=CN(N)c1ccc(Nc2nccc(-c3cc(N4CCCCC4)cc(C(F)(F)F)c3)n2)cc1)N(C)C. The Balaban J connectivity index is 1.54. The zero-order chi connectivity index (χ0) is 27.3. The van der Waals surface area contributed by atoms with Gasteiger partial charge in [0.1, 0.15) is 12.2 Å². The maximum absolute atomic E-state index is 13.7. The lowest BCUT2D eigenvalue weighted by molar-refractivity contribution is -0.137. The van der Waals surface area contributed by atoms with Crippen molar-refractivity contribution < 1.29 is 13.2 Å². The Kier molecular flexibility index (Phi) is 8.16. The van der Waals surface area contributed by atoms with Crippen LogP contribution in [-0.2, 0) is 6.18 Å². The van der Waals surface area contributed by atoms with Crippen molar-refractivity contribution in [3.8, 4) is 11.3 Å². The van der Waals surface area contributed by atoms with Crippen molar-refractivity contribution in [1.29, 1.82) is 0 Å². The summed E-state index contributed by atoms with van der Waals surface area (Å²) in [5.41, 5.74) is 2.03. The highest BCUT2D eigenvalue weighted by molar-refractivity contribution is 5.79. The van der Waals surface area contributed by atoms with Crippen LogP contribution in [0, 0.1) is 0 Å². The molecular formula is C27H31F3N8. The molecule has 2 heterocycles. The van der Waals surface area contributed by atoms with E-state index in [1.54, 1.807) is 41.3 Å². The Morgan fingerprint density at radius 1 is 1.08 bits per heavy atom. The van der Waals surface area contributed by atoms with Crippen molar-refractivity contribution in [3.63, 3.8) is 0 Å². The fraction of sp³-hybridized carbons (Fsp3) is 0.296. The van der Waals surface area contributed by atoms with Crippen LogP contribution in [0.1, 0.15) is 24.8 Å². The molecule has 2 aromatic carbocycles. The van der Waals surface area contributed by atoms with Crippen molar-refractivity contribution >= 4 is 29.3 Å². The van der Waals surface area contributed by atoms with Crippen LogP contribution < -0.4 is 21.1 Å². The number of hydrogen-bond donors (Lipinski definition) is 2. The van der Waals surface area contributed by atoms with E-state index in [-0.39, 0.29) is 5.95 Å². The third-order valence-corrected chi connectivity index (χ3v) is 6.19. The van der Waals surface area contributed by atoms with E-state index >= 15 is 0 Å². The molecule has 1 saturated heterocycles. The van der Waals surface area contributed by atoms with Gasteiger partial charge in [0.2, 0.25) is 5.95 Å². The highest BCUT2D eigenvalue weighted by Gasteiger charge is 2.32. The van der Waals surface area contributed by atoms with E-state index in [0.717, 1.165) is 38.4 Å². The van der Waals surface area contributed by atoms with Crippen LogP contribution in [0.3, 0.4) is 0 Å². The molecule has 0 amide bonds. The molecule has 11 heteroatoms. The maximum Gasteiger partial charge on any atom is 0.416 e. The molecule has 3 N–H and O–H groups in total. The van der Waals surface area contributed by atoms with Gasteiger partial charge in [-0.2, -0.15) is 13.2 Å². The van der Waals surface area contributed by atoms with Crippen LogP contribution in [0.5, 0.6) is 0 Å². The van der Waals surface area contributed by atoms with Gasteiger partial charge in [-0.25, -0.2) is 20.8 Å². The fourth-order valence-corrected chi connectivity index (χ4v) is 3.99. The summed E-state index contributed by atoms with van der Waals surface area (Å²) in [5, 5.41) is 4.46. The van der Waals surface area contributed by atoms with Crippen LogP contribution in [0.4, 0.5) is 36.2 Å². The number of piperidine rings is 1. The first-order valence-corrected chi connectivity index (χ1v) is 12.2. The number of alkyl halides is 3. The summed E-state index contributed by atoms with van der Waals surface area (Å²) in [4.78, 5) is 16.7. The molecule has 8 nitrogen and oxygen atoms in total. The van der Waals surface area contributed by atoms with E-state index in [2.05, 4.69) is 26.9 Å². The predicted molar refractivity (Wildman–Crippen MR) is 146 cm³/mol. The zero-order valence-electron chi connectivity index (χ0n) is 21.4. The van der Waals surface area contributed by atoms with Crippen molar-refractivity contribution in [1.82, 2.24) is 14.9 Å². The number of benzene rings is 2. The largest absolute Gasteiger partial charge is 0.416 e. The summed E-state index contributed by atoms with van der Waals surface area (Å²) in [7, 11) is 3.66. The van der Waals surface area contributed by atoms with E-state index in [9.17, 15) is 13.2 Å². The Hall–Kier alpha value is -4.12. The quantitative estimate of drug-likeness (QED) is 0.171. The fourth-order valence-electron chi connectivity index (χ4n) is 3.99. The minimum absolute atomic E-state index is 0.264. The van der Waals surface area contributed by atoms with Gasteiger partial charge in [-0.05, 0) is 67.8 Å². The topological polar surface area (TPSA) is 85.9 Å². The van der Waals surface area contributed by atoms with E-state index in [0.29, 0.717) is 34.1 Å². The molecule has 4 rings (SSSR count). The van der Waals surface area contributed by atoms with Gasteiger partial charge in [-0.15, -0.1) is 0 Å². The lowest BCUT2D eigenvalue weighted by Crippen LogP contribution is -2.29. The number of hydrogen-bond acceptors (Lipinski definition) is 7. The lowest BCUT2D eigenvalue weighted by Gasteiger charge is -2.29. The van der Waals surface area contributed by atoms with E-state index in [4.69, 9.17) is 5.84 Å². The molecule has 0 atom stereocenters. The molecule has 0 saturated carbocycles. The summed E-state index contributed by atoms with van der Waals surface area (Å²) >= 11 is 0. The van der Waals surface area contributed by atoms with Gasteiger partial charge in [0.25, 0.3) is 0 Å². The number of nitrogens with zero attached hydrogens (tertiary/aromatic N) is 6. The van der Waals surface area contributed by atoms with Crippen molar-refractivity contribution in [3.05, 3.63) is 72.7 Å². The van der Waals surface area contributed by atoms with Gasteiger partial charge < -0.3 is 15.1 Å². The van der Waals surface area contributed by atoms with Gasteiger partial charge in [-0.1, -0.05) is 6.58 Å². The molecule has 0 aliphatic carbocycles. The van der Waals surface area contributed by atoms with Gasteiger partial charge in [0, 0.05) is 50.3 Å². The first kappa shape index (κ1) is 26.9. The molecule has 1 fully saturated rings. The summed E-state index contributed by atoms with van der Waals surface area (Å²) in [6.07, 6.45) is 1.54. The minimum atomic E-state index is -4.46. The summed E-state index contributed by atoms with van der Waals surface area (Å²) in [6.45, 7) is 5.30. The average Bonchev–Trinajstić information content (AvgIpc) is 2.91. The molecule has 1 aromatic heterocycles. The standard InChI is InChI=1S/C27H31F3N8/c1-19(36(2)3)33-18-38(31)23-9-7-22(8-10-23)34-26-32-12-11-25(35-26)20-15-21(27(28,29)30)17-24(16-20)37-13-5-4-6-14-37/h7-12,15-18H,1,4-6,13-14,31H2,2-3H3,(H,32,34,35). The number of nitrogens with two attached hydrogens (primary N) is 1. The maximum atomic E-state index is 13.7. The zero-order valence-corrected chi connectivity index (χ0v) is 21.4. The number of halogens is 3. The Morgan fingerprint density at radius 2 is 1.79 bits per heavy atom. The van der Waals surface area contributed by atoms with Crippen LogP contribution in [-0.4, -0.2) is 48.4 Å². The smallest absolute Gasteiger partial charge is 0.372 e. The lowest BCUT2D eigenvalue weighted by atomic mass is 10.0. The van der Waals surface area contributed by atoms with Crippen LogP contribution in [0.25, 0.3) is 11.3 Å². The molecule has 1 aliphatic heterocycles. The van der Waals surface area contributed by atoms with Gasteiger partial charge in [0.05, 0.1) is 16.9 Å². The normalized spacial score (nSPS) is 14.0. The van der Waals surface area contributed by atoms with Gasteiger partial charge in [0.15, 0.2) is 0 Å². The number of nitrogens with one attached hydrogen (secondary N) is 1. The second kappa shape index (κ2) is 11.5. The second-order valence-corrected chi connectivity index (χ2v) is 9.21. The number of aromatic nitrogens is 2. The van der Waals surface area contributed by atoms with Crippen LogP contribution in [0.15, 0.2) is 72.1 Å². The number of aliphatic imine (C=N–C) groups is 1. The van der Waals surface area contributed by atoms with Gasteiger partial charge >= 0.3 is 6.18 Å². The molecule has 200 valence electrons. The van der Waals surface area contributed by atoms with Crippen molar-refractivity contribution in [2.45, 2.75) is 25.4 Å². The molecule has 38 heavy (non-hydrogen) atoms. The summed E-state index contributed by atoms with van der Waals surface area (Å²) in [6, 6.07) is 12.9. The average molecular weight is 525 g/mol. The Bertz CT molecular complexity index is 1280. The van der Waals surface area contributed by atoms with Crippen molar-refractivity contribution in [2.75, 3.05) is 42.4 Å². The second-order valence-electron chi connectivity index (χ2n) is 9.21. The molecule has 0 bridgehead atoms.